The van der Waals surface area contributed by atoms with E-state index in [4.69, 9.17) is 4.74 Å². The Morgan fingerprint density at radius 3 is 1.07 bits per heavy atom. The van der Waals surface area contributed by atoms with Crippen molar-refractivity contribution in [1.29, 1.82) is 0 Å². The lowest BCUT2D eigenvalue weighted by Gasteiger charge is -2.22. The van der Waals surface area contributed by atoms with Crippen LogP contribution in [0.15, 0.2) is 24.3 Å². The van der Waals surface area contributed by atoms with Gasteiger partial charge < -0.3 is 20.3 Å². The van der Waals surface area contributed by atoms with E-state index < -0.39 is 12.1 Å². The van der Waals surface area contributed by atoms with E-state index in [1.54, 1.807) is 0 Å². The van der Waals surface area contributed by atoms with E-state index in [0.29, 0.717) is 25.9 Å². The van der Waals surface area contributed by atoms with E-state index >= 15 is 0 Å². The molecule has 0 saturated carbocycles. The van der Waals surface area contributed by atoms with Crippen molar-refractivity contribution >= 4 is 11.9 Å². The summed E-state index contributed by atoms with van der Waals surface area (Å²) in [6.45, 7) is 4.93. The van der Waals surface area contributed by atoms with Crippen molar-refractivity contribution in [2.45, 2.75) is 353 Å². The second-order valence-corrected chi connectivity index (χ2v) is 21.4. The van der Waals surface area contributed by atoms with E-state index in [2.05, 4.69) is 43.5 Å². The number of ether oxygens (including phenoxy) is 1. The predicted molar refractivity (Wildman–Crippen MR) is 301 cm³/mol. The number of aliphatic hydroxyl groups is 2. The maximum Gasteiger partial charge on any atom is 0.305 e. The minimum atomic E-state index is -0.679. The van der Waals surface area contributed by atoms with Crippen LogP contribution in [-0.4, -0.2) is 47.4 Å². The summed E-state index contributed by atoms with van der Waals surface area (Å²) in [6.07, 6.45) is 71.8. The summed E-state index contributed by atoms with van der Waals surface area (Å²) in [5.74, 6) is -0.0708. The molecular weight excluding hydrogens is 851 g/mol. The maximum absolute atomic E-state index is 12.5. The van der Waals surface area contributed by atoms with Crippen molar-refractivity contribution in [3.63, 3.8) is 0 Å². The molecule has 2 atom stereocenters. The van der Waals surface area contributed by atoms with Crippen LogP contribution in [0.5, 0.6) is 0 Å². The Labute approximate surface area is 431 Å². The highest BCUT2D eigenvalue weighted by atomic mass is 16.5. The number of unbranched alkanes of at least 4 members (excludes halogenated alkanes) is 44. The summed E-state index contributed by atoms with van der Waals surface area (Å²) in [4.78, 5) is 24.6. The molecule has 0 bridgehead atoms. The monoisotopic (exact) mass is 972 g/mol. The molecule has 0 heterocycles. The Balaban J connectivity index is 3.48. The molecule has 0 aliphatic heterocycles. The molecule has 0 aliphatic carbocycles. The largest absolute Gasteiger partial charge is 0.466 e. The van der Waals surface area contributed by atoms with Gasteiger partial charge in [0.15, 0.2) is 0 Å². The summed E-state index contributed by atoms with van der Waals surface area (Å²) in [7, 11) is 0. The van der Waals surface area contributed by atoms with Crippen LogP contribution in [0.3, 0.4) is 0 Å². The third-order valence-corrected chi connectivity index (χ3v) is 14.5. The van der Waals surface area contributed by atoms with Gasteiger partial charge in [0.1, 0.15) is 0 Å². The molecule has 0 spiro atoms. The molecule has 0 radical (unpaired) electrons. The van der Waals surface area contributed by atoms with Gasteiger partial charge in [0, 0.05) is 12.8 Å². The van der Waals surface area contributed by atoms with Gasteiger partial charge in [-0.15, -0.1) is 0 Å². The highest BCUT2D eigenvalue weighted by Gasteiger charge is 2.20. The number of hydrogen-bond donors (Lipinski definition) is 3. The van der Waals surface area contributed by atoms with Crippen molar-refractivity contribution in [3.8, 4) is 0 Å². The van der Waals surface area contributed by atoms with Crippen LogP contribution < -0.4 is 5.32 Å². The first-order valence-electron chi connectivity index (χ1n) is 31.1. The fraction of sp³-hybridized carbons (Fsp3) is 0.905. The van der Waals surface area contributed by atoms with Crippen molar-refractivity contribution in [2.24, 2.45) is 0 Å². The zero-order chi connectivity index (χ0) is 50.0. The Kier molecular flexibility index (Phi) is 57.5. The van der Waals surface area contributed by atoms with Crippen LogP contribution in [0.25, 0.3) is 0 Å². The lowest BCUT2D eigenvalue weighted by atomic mass is 10.0. The Morgan fingerprint density at radius 1 is 0.406 bits per heavy atom. The first-order chi connectivity index (χ1) is 34.0. The van der Waals surface area contributed by atoms with Gasteiger partial charge in [-0.3, -0.25) is 9.59 Å². The number of aliphatic hydroxyl groups excluding tert-OH is 2. The van der Waals surface area contributed by atoms with Crippen LogP contribution in [-0.2, 0) is 14.3 Å². The van der Waals surface area contributed by atoms with Crippen LogP contribution in [0.2, 0.25) is 0 Å². The van der Waals surface area contributed by atoms with Gasteiger partial charge in [0.2, 0.25) is 5.91 Å². The van der Waals surface area contributed by atoms with Gasteiger partial charge >= 0.3 is 5.97 Å². The van der Waals surface area contributed by atoms with Crippen molar-refractivity contribution in [3.05, 3.63) is 24.3 Å². The third-order valence-electron chi connectivity index (χ3n) is 14.5. The summed E-state index contributed by atoms with van der Waals surface area (Å²) in [6, 6.07) is -0.558. The normalized spacial score (nSPS) is 12.7. The fourth-order valence-electron chi connectivity index (χ4n) is 9.75. The molecule has 0 aromatic rings. The molecule has 1 amide bonds. The molecule has 0 aromatic carbocycles. The summed E-state index contributed by atoms with van der Waals surface area (Å²) >= 11 is 0. The molecule has 2 unspecified atom stereocenters. The van der Waals surface area contributed by atoms with E-state index in [9.17, 15) is 19.8 Å². The number of esters is 1. The average molecular weight is 973 g/mol. The zero-order valence-corrected chi connectivity index (χ0v) is 46.6. The molecule has 3 N–H and O–H groups in total. The van der Waals surface area contributed by atoms with Crippen LogP contribution >= 0.6 is 0 Å². The number of allylic oxidation sites excluding steroid dienone is 4. The maximum atomic E-state index is 12.5. The molecule has 69 heavy (non-hydrogen) atoms. The van der Waals surface area contributed by atoms with Gasteiger partial charge in [-0.05, 0) is 57.8 Å². The molecular formula is C63H121NO5. The lowest BCUT2D eigenvalue weighted by molar-refractivity contribution is -0.143. The lowest BCUT2D eigenvalue weighted by Crippen LogP contribution is -2.45. The number of carbonyl (C=O) groups excluding carboxylic acids is 2. The molecule has 0 saturated heterocycles. The number of carbonyl (C=O) groups is 2. The summed E-state index contributed by atoms with van der Waals surface area (Å²) in [5.41, 5.74) is 0. The second-order valence-electron chi connectivity index (χ2n) is 21.4. The SMILES string of the molecule is CCCCCCCCCCCCCCCCCCCCCC(=O)OCCCCC/C=C\C=C/CCCCCCCCC(=O)NC(CO)C(O)CCCCCCCCCCCCCCCCCCCC. The standard InChI is InChI=1S/C63H121NO5/c1-3-5-7-9-11-13-15-17-19-21-23-25-29-33-37-41-45-49-53-57-63(68)69-58-54-50-46-42-38-34-30-26-28-32-36-40-44-48-52-56-62(67)64-60(59-65)61(66)55-51-47-43-39-35-31-27-24-22-20-18-16-14-12-10-8-6-4-2/h26,30,34,38,60-61,65-66H,3-25,27-29,31-33,35-37,39-59H2,1-2H3,(H,64,67)/b30-26-,38-34-. The van der Waals surface area contributed by atoms with E-state index in [-0.39, 0.29) is 18.5 Å². The quantitative estimate of drug-likeness (QED) is 0.0321. The third kappa shape index (κ3) is 55.5. The summed E-state index contributed by atoms with van der Waals surface area (Å²) < 4.78 is 5.47. The highest BCUT2D eigenvalue weighted by Crippen LogP contribution is 2.18. The van der Waals surface area contributed by atoms with Gasteiger partial charge in [-0.25, -0.2) is 0 Å². The average Bonchev–Trinajstić information content (AvgIpc) is 3.35. The van der Waals surface area contributed by atoms with Crippen LogP contribution in [0.1, 0.15) is 341 Å². The van der Waals surface area contributed by atoms with Gasteiger partial charge in [0.05, 0.1) is 25.4 Å². The van der Waals surface area contributed by atoms with Gasteiger partial charge in [0.25, 0.3) is 0 Å². The Bertz CT molecular complexity index is 1080. The minimum Gasteiger partial charge on any atom is -0.466 e. The van der Waals surface area contributed by atoms with E-state index in [0.717, 1.165) is 77.0 Å². The molecule has 0 aliphatic rings. The number of rotatable bonds is 58. The van der Waals surface area contributed by atoms with Gasteiger partial charge in [-0.1, -0.05) is 295 Å². The molecule has 6 heteroatoms. The fourth-order valence-corrected chi connectivity index (χ4v) is 9.75. The minimum absolute atomic E-state index is 0.0162. The summed E-state index contributed by atoms with van der Waals surface area (Å²) in [5, 5.41) is 23.3. The van der Waals surface area contributed by atoms with Crippen molar-refractivity contribution in [2.75, 3.05) is 13.2 Å². The topological polar surface area (TPSA) is 95.9 Å². The number of nitrogens with one attached hydrogen (secondary N) is 1. The molecule has 0 rings (SSSR count). The van der Waals surface area contributed by atoms with Crippen molar-refractivity contribution in [1.82, 2.24) is 5.32 Å². The van der Waals surface area contributed by atoms with Crippen molar-refractivity contribution < 1.29 is 24.5 Å². The predicted octanol–water partition coefficient (Wildman–Crippen LogP) is 19.4. The molecule has 0 aromatic heterocycles. The molecule has 0 fully saturated rings. The Morgan fingerprint density at radius 2 is 0.710 bits per heavy atom. The molecule has 6 nitrogen and oxygen atoms in total. The highest BCUT2D eigenvalue weighted by molar-refractivity contribution is 5.76. The first-order valence-corrected chi connectivity index (χ1v) is 31.1. The van der Waals surface area contributed by atoms with Gasteiger partial charge in [-0.2, -0.15) is 0 Å². The Hall–Kier alpha value is -1.66. The van der Waals surface area contributed by atoms with E-state index in [1.807, 2.05) is 0 Å². The van der Waals surface area contributed by atoms with Crippen LogP contribution in [0, 0.1) is 0 Å². The zero-order valence-electron chi connectivity index (χ0n) is 46.6. The molecule has 408 valence electrons. The van der Waals surface area contributed by atoms with Crippen LogP contribution in [0.4, 0.5) is 0 Å². The number of hydrogen-bond acceptors (Lipinski definition) is 5. The first kappa shape index (κ1) is 67.3. The number of amides is 1. The second kappa shape index (κ2) is 58.9. The van der Waals surface area contributed by atoms with E-state index in [1.165, 1.54) is 231 Å². The smallest absolute Gasteiger partial charge is 0.305 e.